The molecular weight excluding hydrogens is 428 g/mol. The van der Waals surface area contributed by atoms with Gasteiger partial charge in [-0.15, -0.1) is 0 Å². The highest BCUT2D eigenvalue weighted by Crippen LogP contribution is 2.06. The lowest BCUT2D eigenvalue weighted by Crippen LogP contribution is -2.56. The number of hydrogen-bond acceptors (Lipinski definition) is 6. The van der Waals surface area contributed by atoms with E-state index < -0.39 is 36.3 Å². The predicted octanol–water partition coefficient (Wildman–Crippen LogP) is 1.37. The minimum absolute atomic E-state index is 0.149. The van der Waals surface area contributed by atoms with E-state index in [-0.39, 0.29) is 19.4 Å². The van der Waals surface area contributed by atoms with Crippen molar-refractivity contribution in [2.75, 3.05) is 6.54 Å². The highest BCUT2D eigenvalue weighted by molar-refractivity contribution is 5.94. The molecule has 10 nitrogen and oxygen atoms in total. The zero-order valence-corrected chi connectivity index (χ0v) is 17.9. The van der Waals surface area contributed by atoms with Crippen LogP contribution in [0.25, 0.3) is 0 Å². The summed E-state index contributed by atoms with van der Waals surface area (Å²) in [4.78, 5) is 46.1. The first-order valence-corrected chi connectivity index (χ1v) is 10.4. The Balaban J connectivity index is 2.01. The van der Waals surface area contributed by atoms with Gasteiger partial charge in [0.05, 0.1) is 18.2 Å². The van der Waals surface area contributed by atoms with Crippen molar-refractivity contribution in [2.24, 2.45) is 0 Å². The summed E-state index contributed by atoms with van der Waals surface area (Å²) in [7, 11) is 0. The molecule has 0 aliphatic rings. The molecule has 3 atom stereocenters. The molecule has 0 saturated carbocycles. The quantitative estimate of drug-likeness (QED) is 0.195. The lowest BCUT2D eigenvalue weighted by molar-refractivity contribution is -0.122. The average Bonchev–Trinajstić information content (AvgIpc) is 2.78. The average molecular weight is 456 g/mol. The van der Waals surface area contributed by atoms with Crippen molar-refractivity contribution < 1.29 is 29.4 Å². The van der Waals surface area contributed by atoms with E-state index in [4.69, 9.17) is 5.11 Å². The molecule has 0 heterocycles. The molecule has 6 N–H and O–H groups in total. The summed E-state index contributed by atoms with van der Waals surface area (Å²) in [6.07, 6.45) is -2.05. The molecule has 0 saturated heterocycles. The van der Waals surface area contributed by atoms with Gasteiger partial charge >= 0.3 is 12.2 Å². The number of imide groups is 1. The van der Waals surface area contributed by atoms with Crippen LogP contribution in [-0.2, 0) is 22.4 Å². The van der Waals surface area contributed by atoms with Crippen LogP contribution in [0.15, 0.2) is 60.7 Å². The third-order valence-electron chi connectivity index (χ3n) is 4.83. The molecule has 0 aliphatic carbocycles. The van der Waals surface area contributed by atoms with Gasteiger partial charge in [0.25, 0.3) is 0 Å². The first-order valence-electron chi connectivity index (χ1n) is 10.4. The van der Waals surface area contributed by atoms with Crippen LogP contribution < -0.4 is 21.3 Å². The van der Waals surface area contributed by atoms with Crippen LogP contribution >= 0.6 is 0 Å². The number of carboxylic acid groups (broad SMARTS) is 2. The molecule has 10 heteroatoms. The highest BCUT2D eigenvalue weighted by Gasteiger charge is 2.25. The summed E-state index contributed by atoms with van der Waals surface area (Å²) < 4.78 is 0. The van der Waals surface area contributed by atoms with Gasteiger partial charge in [-0.1, -0.05) is 60.7 Å². The summed E-state index contributed by atoms with van der Waals surface area (Å²) in [6.45, 7) is 0.271. The van der Waals surface area contributed by atoms with Gasteiger partial charge in [-0.2, -0.15) is 0 Å². The van der Waals surface area contributed by atoms with Crippen LogP contribution in [0.1, 0.15) is 17.5 Å². The maximum Gasteiger partial charge on any atom is 0.411 e. The molecule has 176 valence electrons. The molecule has 0 bridgehead atoms. The molecule has 3 amide bonds. The monoisotopic (exact) mass is 456 g/mol. The Morgan fingerprint density at radius 3 is 1.94 bits per heavy atom. The number of rotatable bonds is 13. The lowest BCUT2D eigenvalue weighted by Gasteiger charge is -2.25. The van der Waals surface area contributed by atoms with Gasteiger partial charge < -0.3 is 25.6 Å². The van der Waals surface area contributed by atoms with E-state index in [2.05, 4.69) is 16.0 Å². The molecule has 33 heavy (non-hydrogen) atoms. The smallest absolute Gasteiger partial charge is 0.411 e. The summed E-state index contributed by atoms with van der Waals surface area (Å²) >= 11 is 0. The minimum atomic E-state index is -1.50. The molecule has 2 unspecified atom stereocenters. The fourth-order valence-electron chi connectivity index (χ4n) is 3.31. The first-order chi connectivity index (χ1) is 15.9. The van der Waals surface area contributed by atoms with Crippen molar-refractivity contribution in [3.63, 3.8) is 0 Å². The third-order valence-corrected chi connectivity index (χ3v) is 4.83. The Kier molecular flexibility index (Phi) is 10.5. The summed E-state index contributed by atoms with van der Waals surface area (Å²) in [5.41, 5.74) is 1.75. The maximum atomic E-state index is 12.4. The van der Waals surface area contributed by atoms with Crippen LogP contribution in [0.2, 0.25) is 0 Å². The van der Waals surface area contributed by atoms with E-state index in [0.717, 1.165) is 17.4 Å². The van der Waals surface area contributed by atoms with Crippen LogP contribution in [0.4, 0.5) is 9.59 Å². The minimum Gasteiger partial charge on any atom is -0.465 e. The Morgan fingerprint density at radius 2 is 1.42 bits per heavy atom. The van der Waals surface area contributed by atoms with Gasteiger partial charge in [-0.05, 0) is 36.9 Å². The fourth-order valence-corrected chi connectivity index (χ4v) is 3.31. The second-order valence-electron chi connectivity index (χ2n) is 7.38. The van der Waals surface area contributed by atoms with Gasteiger partial charge in [0.1, 0.15) is 6.29 Å². The number of hydrogen-bond donors (Lipinski definition) is 6. The molecular formula is C23H28N4O6. The van der Waals surface area contributed by atoms with Crippen molar-refractivity contribution in [1.82, 2.24) is 21.3 Å². The molecule has 0 radical (unpaired) electrons. The maximum absolute atomic E-state index is 12.4. The van der Waals surface area contributed by atoms with Crippen LogP contribution in [0, 0.1) is 0 Å². The molecule has 0 aliphatic heterocycles. The Morgan fingerprint density at radius 1 is 0.848 bits per heavy atom. The molecule has 2 aromatic carbocycles. The molecule has 2 aromatic rings. The largest absolute Gasteiger partial charge is 0.465 e. The second-order valence-corrected chi connectivity index (χ2v) is 7.38. The van der Waals surface area contributed by atoms with Gasteiger partial charge in [0.2, 0.25) is 5.91 Å². The first kappa shape index (κ1) is 25.5. The van der Waals surface area contributed by atoms with E-state index in [1.165, 1.54) is 0 Å². The number of benzene rings is 2. The molecule has 0 spiro atoms. The summed E-state index contributed by atoms with van der Waals surface area (Å²) in [5.74, 6) is -0.800. The molecule has 2 rings (SSSR count). The van der Waals surface area contributed by atoms with Crippen molar-refractivity contribution in [2.45, 2.75) is 37.5 Å². The summed E-state index contributed by atoms with van der Waals surface area (Å²) in [5, 5.41) is 28.2. The van der Waals surface area contributed by atoms with E-state index in [1.54, 1.807) is 24.3 Å². The van der Waals surface area contributed by atoms with Gasteiger partial charge in [0.15, 0.2) is 0 Å². The Bertz CT molecular complexity index is 910. The van der Waals surface area contributed by atoms with Gasteiger partial charge in [-0.25, -0.2) is 9.59 Å². The topological polar surface area (TPSA) is 157 Å². The SMILES string of the molecule is O=CC(Cc1ccccc1)NCCC(NC(=O)O)N[C@@H](Cc1ccccc1)C(=O)NC(=O)O. The fraction of sp³-hybridized carbons (Fsp3) is 0.304. The van der Waals surface area contributed by atoms with E-state index in [9.17, 15) is 24.3 Å². The number of carbonyl (C=O) groups is 4. The van der Waals surface area contributed by atoms with Crippen molar-refractivity contribution >= 4 is 24.4 Å². The Hall–Kier alpha value is -3.76. The lowest BCUT2D eigenvalue weighted by atomic mass is 10.0. The van der Waals surface area contributed by atoms with E-state index >= 15 is 0 Å². The van der Waals surface area contributed by atoms with Crippen molar-refractivity contribution in [3.05, 3.63) is 71.8 Å². The number of amides is 3. The molecule has 0 aromatic heterocycles. The van der Waals surface area contributed by atoms with Gasteiger partial charge in [0, 0.05) is 0 Å². The van der Waals surface area contributed by atoms with E-state index in [1.807, 2.05) is 41.7 Å². The third kappa shape index (κ3) is 9.93. The number of carbonyl (C=O) groups excluding carboxylic acids is 2. The number of nitrogens with one attached hydrogen (secondary N) is 4. The van der Waals surface area contributed by atoms with E-state index in [0.29, 0.717) is 6.42 Å². The standard InChI is InChI=1S/C23H28N4O6/c28-15-18(13-16-7-3-1-4-8-16)24-12-11-20(26-22(30)31)25-19(21(29)27-23(32)33)14-17-9-5-2-6-10-17/h1-10,15,18-20,24-26H,11-14H2,(H,27,29)(H,30,31)(H,32,33)/t18?,19-,20?/m0/s1. The zero-order chi connectivity index (χ0) is 24.1. The van der Waals surface area contributed by atoms with Crippen LogP contribution in [0.5, 0.6) is 0 Å². The Labute approximate surface area is 191 Å². The van der Waals surface area contributed by atoms with Gasteiger partial charge in [-0.3, -0.25) is 15.4 Å². The van der Waals surface area contributed by atoms with Crippen molar-refractivity contribution in [3.8, 4) is 0 Å². The van der Waals surface area contributed by atoms with Crippen LogP contribution in [0.3, 0.4) is 0 Å². The normalized spacial score (nSPS) is 13.3. The summed E-state index contributed by atoms with van der Waals surface area (Å²) in [6, 6.07) is 16.9. The second kappa shape index (κ2) is 13.6. The number of aldehydes is 1. The zero-order valence-electron chi connectivity index (χ0n) is 17.9. The highest BCUT2D eigenvalue weighted by atomic mass is 16.4. The molecule has 0 fully saturated rings. The predicted molar refractivity (Wildman–Crippen MR) is 121 cm³/mol. The van der Waals surface area contributed by atoms with Crippen molar-refractivity contribution in [1.29, 1.82) is 0 Å². The van der Waals surface area contributed by atoms with Crippen LogP contribution in [-0.4, -0.2) is 59.4 Å².